The number of aromatic nitrogens is 4. The van der Waals surface area contributed by atoms with Crippen LogP contribution < -0.4 is 5.32 Å². The summed E-state index contributed by atoms with van der Waals surface area (Å²) in [5.74, 6) is 0.921. The van der Waals surface area contributed by atoms with Crippen molar-refractivity contribution in [1.82, 2.24) is 25.1 Å². The first-order valence-corrected chi connectivity index (χ1v) is 9.56. The largest absolute Gasteiger partial charge is 0.356 e. The summed E-state index contributed by atoms with van der Waals surface area (Å²) in [6.07, 6.45) is 6.51. The Labute approximate surface area is 155 Å². The molecule has 140 valence electrons. The summed E-state index contributed by atoms with van der Waals surface area (Å²) in [6, 6.07) is 0. The molecule has 0 saturated heterocycles. The SMILES string of the molecule is Cc1nc(CCNC(=O)CCc2c(C)nn(C)c2C)nc2c1CCCC2. The predicted molar refractivity (Wildman–Crippen MR) is 101 cm³/mol. The van der Waals surface area contributed by atoms with E-state index < -0.39 is 0 Å². The predicted octanol–water partition coefficient (Wildman–Crippen LogP) is 2.31. The summed E-state index contributed by atoms with van der Waals surface area (Å²) in [5.41, 5.74) is 6.98. The van der Waals surface area contributed by atoms with Crippen LogP contribution in [0.25, 0.3) is 0 Å². The van der Waals surface area contributed by atoms with Gasteiger partial charge in [0, 0.05) is 43.5 Å². The van der Waals surface area contributed by atoms with Crippen LogP contribution >= 0.6 is 0 Å². The summed E-state index contributed by atoms with van der Waals surface area (Å²) in [6.45, 7) is 6.70. The Morgan fingerprint density at radius 2 is 1.85 bits per heavy atom. The van der Waals surface area contributed by atoms with Crippen molar-refractivity contribution in [1.29, 1.82) is 0 Å². The Balaban J connectivity index is 1.49. The highest BCUT2D eigenvalue weighted by Gasteiger charge is 2.15. The molecule has 1 aliphatic carbocycles. The lowest BCUT2D eigenvalue weighted by Crippen LogP contribution is -2.27. The van der Waals surface area contributed by atoms with E-state index in [1.165, 1.54) is 29.7 Å². The molecule has 0 radical (unpaired) electrons. The highest BCUT2D eigenvalue weighted by Crippen LogP contribution is 2.21. The lowest BCUT2D eigenvalue weighted by Gasteiger charge is -2.17. The number of amides is 1. The highest BCUT2D eigenvalue weighted by molar-refractivity contribution is 5.76. The fraction of sp³-hybridized carbons (Fsp3) is 0.600. The molecular weight excluding hydrogens is 326 g/mol. The van der Waals surface area contributed by atoms with Crippen LogP contribution in [0.3, 0.4) is 0 Å². The molecule has 1 N–H and O–H groups in total. The third-order valence-corrected chi connectivity index (χ3v) is 5.37. The second kappa shape index (κ2) is 7.98. The lowest BCUT2D eigenvalue weighted by atomic mass is 9.95. The first-order valence-electron chi connectivity index (χ1n) is 9.56. The van der Waals surface area contributed by atoms with Gasteiger partial charge in [0.2, 0.25) is 5.91 Å². The molecule has 2 aromatic rings. The van der Waals surface area contributed by atoms with Gasteiger partial charge in [0.15, 0.2) is 0 Å². The summed E-state index contributed by atoms with van der Waals surface area (Å²) in [4.78, 5) is 21.5. The van der Waals surface area contributed by atoms with E-state index in [-0.39, 0.29) is 5.91 Å². The molecule has 0 fully saturated rings. The molecule has 26 heavy (non-hydrogen) atoms. The third kappa shape index (κ3) is 4.11. The lowest BCUT2D eigenvalue weighted by molar-refractivity contribution is -0.121. The van der Waals surface area contributed by atoms with E-state index in [1.54, 1.807) is 0 Å². The summed E-state index contributed by atoms with van der Waals surface area (Å²) in [7, 11) is 1.94. The van der Waals surface area contributed by atoms with Gasteiger partial charge in [0.25, 0.3) is 0 Å². The fourth-order valence-electron chi connectivity index (χ4n) is 3.78. The number of carbonyl (C=O) groups is 1. The minimum atomic E-state index is 0.0716. The van der Waals surface area contributed by atoms with Crippen molar-refractivity contribution in [3.63, 3.8) is 0 Å². The molecular formula is C20H29N5O. The molecule has 0 unspecified atom stereocenters. The zero-order valence-electron chi connectivity index (χ0n) is 16.4. The molecule has 0 aliphatic heterocycles. The van der Waals surface area contributed by atoms with Crippen LogP contribution in [0.15, 0.2) is 0 Å². The molecule has 0 aromatic carbocycles. The van der Waals surface area contributed by atoms with Crippen LogP contribution in [-0.4, -0.2) is 32.2 Å². The Hall–Kier alpha value is -2.24. The van der Waals surface area contributed by atoms with Gasteiger partial charge in [-0.25, -0.2) is 9.97 Å². The minimum Gasteiger partial charge on any atom is -0.356 e. The molecule has 0 bridgehead atoms. The van der Waals surface area contributed by atoms with Gasteiger partial charge in [-0.1, -0.05) is 0 Å². The molecule has 3 rings (SSSR count). The van der Waals surface area contributed by atoms with Crippen molar-refractivity contribution in [3.8, 4) is 0 Å². The van der Waals surface area contributed by atoms with E-state index in [0.717, 1.165) is 42.2 Å². The maximum absolute atomic E-state index is 12.2. The Morgan fingerprint density at radius 3 is 2.58 bits per heavy atom. The number of aryl methyl sites for hydroxylation is 4. The van der Waals surface area contributed by atoms with E-state index in [2.05, 4.69) is 22.3 Å². The van der Waals surface area contributed by atoms with Gasteiger partial charge < -0.3 is 5.32 Å². The number of carbonyl (C=O) groups excluding carboxylic acids is 1. The van der Waals surface area contributed by atoms with Gasteiger partial charge >= 0.3 is 0 Å². The average molecular weight is 355 g/mol. The Bertz CT molecular complexity index is 809. The first kappa shape index (κ1) is 18.5. The normalized spacial score (nSPS) is 13.5. The Morgan fingerprint density at radius 1 is 1.08 bits per heavy atom. The van der Waals surface area contributed by atoms with Gasteiger partial charge in [-0.15, -0.1) is 0 Å². The number of nitrogens with one attached hydrogen (secondary N) is 1. The first-order chi connectivity index (χ1) is 12.5. The number of fused-ring (bicyclic) bond motifs is 1. The van der Waals surface area contributed by atoms with Crippen molar-refractivity contribution in [2.24, 2.45) is 7.05 Å². The van der Waals surface area contributed by atoms with Crippen LogP contribution in [0.5, 0.6) is 0 Å². The molecule has 0 spiro atoms. The standard InChI is InChI=1S/C20H29N5O/c1-13-17-7-5-6-8-18(17)23-19(22-13)11-12-21-20(26)10-9-16-14(2)24-25(4)15(16)3/h5-12H2,1-4H3,(H,21,26). The van der Waals surface area contributed by atoms with Gasteiger partial charge in [-0.05, 0) is 64.0 Å². The van der Waals surface area contributed by atoms with Crippen molar-refractivity contribution in [2.45, 2.75) is 65.7 Å². The second-order valence-electron chi connectivity index (χ2n) is 7.23. The zero-order chi connectivity index (χ0) is 18.7. The topological polar surface area (TPSA) is 72.7 Å². The number of nitrogens with zero attached hydrogens (tertiary/aromatic N) is 4. The fourth-order valence-corrected chi connectivity index (χ4v) is 3.78. The second-order valence-corrected chi connectivity index (χ2v) is 7.23. The van der Waals surface area contributed by atoms with Crippen molar-refractivity contribution >= 4 is 5.91 Å². The van der Waals surface area contributed by atoms with Gasteiger partial charge in [0.1, 0.15) is 5.82 Å². The van der Waals surface area contributed by atoms with E-state index in [9.17, 15) is 4.79 Å². The maximum Gasteiger partial charge on any atom is 0.220 e. The molecule has 1 amide bonds. The van der Waals surface area contributed by atoms with Crippen LogP contribution in [0.1, 0.15) is 59.0 Å². The number of hydrogen-bond donors (Lipinski definition) is 1. The van der Waals surface area contributed by atoms with Gasteiger partial charge in [0.05, 0.1) is 5.69 Å². The summed E-state index contributed by atoms with van der Waals surface area (Å²) < 4.78 is 1.87. The maximum atomic E-state index is 12.2. The van der Waals surface area contributed by atoms with Crippen molar-refractivity contribution in [3.05, 3.63) is 39.7 Å². The van der Waals surface area contributed by atoms with Crippen LogP contribution in [0.4, 0.5) is 0 Å². The van der Waals surface area contributed by atoms with E-state index >= 15 is 0 Å². The van der Waals surface area contributed by atoms with Crippen molar-refractivity contribution < 1.29 is 4.79 Å². The van der Waals surface area contributed by atoms with Crippen LogP contribution in [0.2, 0.25) is 0 Å². The summed E-state index contributed by atoms with van der Waals surface area (Å²) >= 11 is 0. The van der Waals surface area contributed by atoms with Gasteiger partial charge in [-0.3, -0.25) is 9.48 Å². The minimum absolute atomic E-state index is 0.0716. The highest BCUT2D eigenvalue weighted by atomic mass is 16.1. The van der Waals surface area contributed by atoms with Crippen LogP contribution in [0, 0.1) is 20.8 Å². The number of hydrogen-bond acceptors (Lipinski definition) is 4. The van der Waals surface area contributed by atoms with Crippen LogP contribution in [-0.2, 0) is 37.5 Å². The Kier molecular flexibility index (Phi) is 5.69. The summed E-state index contributed by atoms with van der Waals surface area (Å²) in [5, 5.41) is 7.40. The zero-order valence-corrected chi connectivity index (χ0v) is 16.4. The van der Waals surface area contributed by atoms with E-state index in [1.807, 2.05) is 25.6 Å². The molecule has 0 saturated carbocycles. The van der Waals surface area contributed by atoms with E-state index in [4.69, 9.17) is 4.98 Å². The number of rotatable bonds is 6. The molecule has 1 aliphatic rings. The molecule has 6 heteroatoms. The molecule has 0 atom stereocenters. The quantitative estimate of drug-likeness (QED) is 0.863. The van der Waals surface area contributed by atoms with Crippen molar-refractivity contribution in [2.75, 3.05) is 6.54 Å². The average Bonchev–Trinajstić information content (AvgIpc) is 2.85. The molecule has 6 nitrogen and oxygen atoms in total. The monoisotopic (exact) mass is 355 g/mol. The third-order valence-electron chi connectivity index (χ3n) is 5.37. The smallest absolute Gasteiger partial charge is 0.220 e. The molecule has 2 heterocycles. The van der Waals surface area contributed by atoms with E-state index in [0.29, 0.717) is 19.4 Å². The molecule has 2 aromatic heterocycles. The van der Waals surface area contributed by atoms with Gasteiger partial charge in [-0.2, -0.15) is 5.10 Å².